The molecule has 118 valence electrons. The van der Waals surface area contributed by atoms with Gasteiger partial charge in [0.2, 0.25) is 0 Å². The Hall–Kier alpha value is -0.950. The van der Waals surface area contributed by atoms with Crippen LogP contribution in [0.5, 0.6) is 0 Å². The molecule has 0 saturated heterocycles. The average molecular weight is 290 g/mol. The van der Waals surface area contributed by atoms with Gasteiger partial charge >= 0.3 is 5.97 Å². The molecule has 0 spiro atoms. The van der Waals surface area contributed by atoms with E-state index in [2.05, 4.69) is 0 Å². The SMILES string of the molecule is CC(C)=C(C)C(=O)OCCOCCOCCOCCO. The van der Waals surface area contributed by atoms with Crippen molar-refractivity contribution in [3.8, 4) is 0 Å². The summed E-state index contributed by atoms with van der Waals surface area (Å²) in [6.07, 6.45) is 0. The molecule has 1 N–H and O–H groups in total. The zero-order valence-electron chi connectivity index (χ0n) is 12.6. The van der Waals surface area contributed by atoms with Gasteiger partial charge in [-0.3, -0.25) is 0 Å². The Bertz CT molecular complexity index is 283. The fourth-order valence-corrected chi connectivity index (χ4v) is 1.11. The summed E-state index contributed by atoms with van der Waals surface area (Å²) in [6.45, 7) is 8.26. The van der Waals surface area contributed by atoms with Gasteiger partial charge in [0.25, 0.3) is 0 Å². The number of hydrogen-bond donors (Lipinski definition) is 1. The number of rotatable bonds is 12. The minimum absolute atomic E-state index is 0.0219. The standard InChI is InChI=1S/C14H26O6/c1-12(2)13(3)14(16)20-11-10-19-9-8-18-7-6-17-5-4-15/h15H,4-11H2,1-3H3. The van der Waals surface area contributed by atoms with Crippen LogP contribution in [0.2, 0.25) is 0 Å². The van der Waals surface area contributed by atoms with Crippen molar-refractivity contribution in [1.29, 1.82) is 0 Å². The van der Waals surface area contributed by atoms with Crippen LogP contribution in [-0.4, -0.2) is 63.9 Å². The number of allylic oxidation sites excluding steroid dienone is 1. The zero-order valence-corrected chi connectivity index (χ0v) is 12.6. The van der Waals surface area contributed by atoms with Crippen LogP contribution < -0.4 is 0 Å². The summed E-state index contributed by atoms with van der Waals surface area (Å²) in [5.41, 5.74) is 1.59. The molecule has 0 aromatic carbocycles. The van der Waals surface area contributed by atoms with Gasteiger partial charge in [0.1, 0.15) is 6.61 Å². The summed E-state index contributed by atoms with van der Waals surface area (Å²) in [5.74, 6) is -0.300. The van der Waals surface area contributed by atoms with Crippen molar-refractivity contribution in [2.75, 3.05) is 52.9 Å². The summed E-state index contributed by atoms with van der Waals surface area (Å²) in [6, 6.07) is 0. The van der Waals surface area contributed by atoms with Gasteiger partial charge in [-0.15, -0.1) is 0 Å². The first-order valence-electron chi connectivity index (χ1n) is 6.75. The number of esters is 1. The van der Waals surface area contributed by atoms with Crippen molar-refractivity contribution in [3.63, 3.8) is 0 Å². The van der Waals surface area contributed by atoms with Crippen LogP contribution in [0.1, 0.15) is 20.8 Å². The van der Waals surface area contributed by atoms with Gasteiger partial charge in [-0.05, 0) is 20.8 Å². The van der Waals surface area contributed by atoms with Crippen LogP contribution in [0.25, 0.3) is 0 Å². The average Bonchev–Trinajstić information content (AvgIpc) is 2.43. The molecule has 0 heterocycles. The third-order valence-electron chi connectivity index (χ3n) is 2.50. The minimum Gasteiger partial charge on any atom is -0.460 e. The van der Waals surface area contributed by atoms with Crippen LogP contribution in [-0.2, 0) is 23.7 Å². The second-order valence-corrected chi connectivity index (χ2v) is 4.32. The van der Waals surface area contributed by atoms with E-state index in [1.807, 2.05) is 13.8 Å². The van der Waals surface area contributed by atoms with Crippen LogP contribution in [0.15, 0.2) is 11.1 Å². The fraction of sp³-hybridized carbons (Fsp3) is 0.786. The summed E-state index contributed by atoms with van der Waals surface area (Å²) in [4.78, 5) is 11.5. The molecule has 0 aliphatic heterocycles. The van der Waals surface area contributed by atoms with Gasteiger partial charge < -0.3 is 24.1 Å². The topological polar surface area (TPSA) is 74.2 Å². The predicted octanol–water partition coefficient (Wildman–Crippen LogP) is 0.928. The maximum absolute atomic E-state index is 11.5. The molecule has 0 saturated carbocycles. The summed E-state index contributed by atoms with van der Waals surface area (Å²) in [7, 11) is 0. The highest BCUT2D eigenvalue weighted by Crippen LogP contribution is 2.03. The number of hydrogen-bond acceptors (Lipinski definition) is 6. The molecule has 0 amide bonds. The fourth-order valence-electron chi connectivity index (χ4n) is 1.11. The highest BCUT2D eigenvalue weighted by atomic mass is 16.6. The summed E-state index contributed by atoms with van der Waals surface area (Å²) < 4.78 is 20.5. The van der Waals surface area contributed by atoms with Crippen LogP contribution in [0.4, 0.5) is 0 Å². The maximum Gasteiger partial charge on any atom is 0.333 e. The molecule has 0 aromatic rings. The van der Waals surface area contributed by atoms with Crippen molar-refractivity contribution in [2.45, 2.75) is 20.8 Å². The molecule has 0 aliphatic rings. The molecular formula is C14H26O6. The lowest BCUT2D eigenvalue weighted by molar-refractivity contribution is -0.140. The van der Waals surface area contributed by atoms with Crippen LogP contribution >= 0.6 is 0 Å². The lowest BCUT2D eigenvalue weighted by Gasteiger charge is -2.08. The lowest BCUT2D eigenvalue weighted by atomic mass is 10.2. The third-order valence-corrected chi connectivity index (χ3v) is 2.50. The number of carbonyl (C=O) groups excluding carboxylic acids is 1. The summed E-state index contributed by atoms with van der Waals surface area (Å²) >= 11 is 0. The third kappa shape index (κ3) is 10.9. The number of carbonyl (C=O) groups is 1. The molecule has 0 unspecified atom stereocenters. The molecule has 0 radical (unpaired) electrons. The first kappa shape index (κ1) is 19.1. The van der Waals surface area contributed by atoms with E-state index < -0.39 is 0 Å². The minimum atomic E-state index is -0.300. The molecule has 20 heavy (non-hydrogen) atoms. The Balaban J connectivity index is 3.29. The van der Waals surface area contributed by atoms with E-state index in [-0.39, 0.29) is 19.2 Å². The predicted molar refractivity (Wildman–Crippen MR) is 74.5 cm³/mol. The molecular weight excluding hydrogens is 264 g/mol. The van der Waals surface area contributed by atoms with E-state index in [0.717, 1.165) is 5.57 Å². The number of aliphatic hydroxyl groups excluding tert-OH is 1. The number of aliphatic hydroxyl groups is 1. The number of ether oxygens (including phenoxy) is 4. The van der Waals surface area contributed by atoms with Gasteiger partial charge in [-0.1, -0.05) is 5.57 Å². The Morgan fingerprint density at radius 3 is 1.70 bits per heavy atom. The van der Waals surface area contributed by atoms with Crippen LogP contribution in [0.3, 0.4) is 0 Å². The highest BCUT2D eigenvalue weighted by Gasteiger charge is 2.06. The van der Waals surface area contributed by atoms with Crippen molar-refractivity contribution in [2.24, 2.45) is 0 Å². The first-order chi connectivity index (χ1) is 9.59. The van der Waals surface area contributed by atoms with Crippen molar-refractivity contribution in [1.82, 2.24) is 0 Å². The van der Waals surface area contributed by atoms with Gasteiger partial charge in [0.15, 0.2) is 0 Å². The molecule has 6 heteroatoms. The normalized spacial score (nSPS) is 10.4. The molecule has 0 aliphatic carbocycles. The monoisotopic (exact) mass is 290 g/mol. The first-order valence-corrected chi connectivity index (χ1v) is 6.75. The summed E-state index contributed by atoms with van der Waals surface area (Å²) in [5, 5.41) is 8.47. The Morgan fingerprint density at radius 1 is 0.800 bits per heavy atom. The Labute approximate surface area is 120 Å². The molecule has 0 atom stereocenters. The van der Waals surface area contributed by atoms with Gasteiger partial charge in [0, 0.05) is 5.57 Å². The van der Waals surface area contributed by atoms with E-state index in [9.17, 15) is 4.79 Å². The van der Waals surface area contributed by atoms with E-state index in [0.29, 0.717) is 45.2 Å². The highest BCUT2D eigenvalue weighted by molar-refractivity contribution is 5.88. The second-order valence-electron chi connectivity index (χ2n) is 4.32. The largest absolute Gasteiger partial charge is 0.460 e. The van der Waals surface area contributed by atoms with Crippen LogP contribution in [0, 0.1) is 0 Å². The van der Waals surface area contributed by atoms with Crippen molar-refractivity contribution in [3.05, 3.63) is 11.1 Å². The van der Waals surface area contributed by atoms with Gasteiger partial charge in [-0.2, -0.15) is 0 Å². The quantitative estimate of drug-likeness (QED) is 0.327. The van der Waals surface area contributed by atoms with Crippen molar-refractivity contribution < 1.29 is 28.8 Å². The van der Waals surface area contributed by atoms with E-state index in [4.69, 9.17) is 24.1 Å². The molecule has 0 fully saturated rings. The zero-order chi connectivity index (χ0) is 15.2. The molecule has 0 aromatic heterocycles. The molecule has 0 bridgehead atoms. The van der Waals surface area contributed by atoms with E-state index in [1.54, 1.807) is 6.92 Å². The Kier molecular flexibility index (Phi) is 12.4. The molecule has 6 nitrogen and oxygen atoms in total. The maximum atomic E-state index is 11.5. The Morgan fingerprint density at radius 2 is 1.25 bits per heavy atom. The second kappa shape index (κ2) is 13.1. The van der Waals surface area contributed by atoms with E-state index in [1.165, 1.54) is 0 Å². The van der Waals surface area contributed by atoms with Gasteiger partial charge in [0.05, 0.1) is 46.2 Å². The van der Waals surface area contributed by atoms with Crippen molar-refractivity contribution >= 4 is 5.97 Å². The van der Waals surface area contributed by atoms with Gasteiger partial charge in [-0.25, -0.2) is 4.79 Å². The van der Waals surface area contributed by atoms with E-state index >= 15 is 0 Å². The smallest absolute Gasteiger partial charge is 0.333 e. The molecule has 0 rings (SSSR count). The lowest BCUT2D eigenvalue weighted by Crippen LogP contribution is -2.15.